The van der Waals surface area contributed by atoms with Crippen LogP contribution < -0.4 is 16.0 Å². The van der Waals surface area contributed by atoms with Crippen molar-refractivity contribution in [3.8, 4) is 0 Å². The average molecular weight is 763 g/mol. The lowest BCUT2D eigenvalue weighted by molar-refractivity contribution is 0.144. The van der Waals surface area contributed by atoms with E-state index in [1.807, 2.05) is 72.8 Å². The van der Waals surface area contributed by atoms with Gasteiger partial charge in [0.05, 0.1) is 11.4 Å². The predicted octanol–water partition coefficient (Wildman–Crippen LogP) is 10.5. The van der Waals surface area contributed by atoms with E-state index < -0.39 is 0 Å². The Balaban J connectivity index is 0.000000185. The molecule has 0 amide bonds. The van der Waals surface area contributed by atoms with E-state index in [0.717, 1.165) is 66.4 Å². The number of nitrogens with zero attached hydrogens (tertiary/aromatic N) is 1. The Kier molecular flexibility index (Phi) is 16.5. The number of alkyl halides is 1. The van der Waals surface area contributed by atoms with Crippen molar-refractivity contribution in [3.05, 3.63) is 139 Å². The molecule has 2 aliphatic rings. The predicted molar refractivity (Wildman–Crippen MR) is 213 cm³/mol. The third-order valence-electron chi connectivity index (χ3n) is 8.98. The lowest BCUT2D eigenvalue weighted by atomic mass is 9.94. The molecule has 4 aromatic carbocycles. The summed E-state index contributed by atoms with van der Waals surface area (Å²) in [6.45, 7) is 15.5. The molecule has 0 bridgehead atoms. The van der Waals surface area contributed by atoms with Crippen molar-refractivity contribution in [3.63, 3.8) is 0 Å². The van der Waals surface area contributed by atoms with E-state index in [9.17, 15) is 0 Å². The normalized spacial score (nSPS) is 18.2. The standard InChI is InChI=1S/C20H24Cl2N2.C13H9Cl3.C7H16N2/c1-14(2)19-13-24(12-11-23-19)20(15-3-7-17(21)8-4-15)16-5-9-18(22)10-6-16;14-11-5-1-9(2-6-11)13(16)10-3-7-12(15)8-4-10;1-6(2)7-5-8-3-4-9-7/h3-10,14,19-20,23H,11-13H2,1-2H3;1-8,13H;6-9H,3-5H2,1-2H3/t19-;;7-/m1.1/s1. The smallest absolute Gasteiger partial charge is 0.0835 e. The molecule has 2 fully saturated rings. The highest BCUT2D eigenvalue weighted by atomic mass is 35.5. The quantitative estimate of drug-likeness (QED) is 0.164. The highest BCUT2D eigenvalue weighted by molar-refractivity contribution is 6.31. The summed E-state index contributed by atoms with van der Waals surface area (Å²) in [5.41, 5.74) is 4.58. The number of nitrogens with one attached hydrogen (secondary N) is 3. The van der Waals surface area contributed by atoms with Crippen LogP contribution in [0, 0.1) is 11.8 Å². The Morgan fingerprint density at radius 1 is 0.531 bits per heavy atom. The molecule has 0 saturated carbocycles. The van der Waals surface area contributed by atoms with Crippen LogP contribution in [0.15, 0.2) is 97.1 Å². The van der Waals surface area contributed by atoms with Gasteiger partial charge in [-0.2, -0.15) is 0 Å². The fraction of sp³-hybridized carbons (Fsp3) is 0.400. The highest BCUT2D eigenvalue weighted by Gasteiger charge is 2.29. The summed E-state index contributed by atoms with van der Waals surface area (Å²) in [5.74, 6) is 1.38. The molecular weight excluding hydrogens is 714 g/mol. The van der Waals surface area contributed by atoms with Crippen LogP contribution >= 0.6 is 58.0 Å². The molecule has 0 aliphatic carbocycles. The van der Waals surface area contributed by atoms with Gasteiger partial charge in [0.25, 0.3) is 0 Å². The Morgan fingerprint density at radius 2 is 0.918 bits per heavy atom. The minimum absolute atomic E-state index is 0.172. The van der Waals surface area contributed by atoms with Gasteiger partial charge in [-0.05, 0) is 82.6 Å². The molecule has 0 spiro atoms. The summed E-state index contributed by atoms with van der Waals surface area (Å²) in [6, 6.07) is 32.9. The minimum Gasteiger partial charge on any atom is -0.314 e. The molecule has 0 aromatic heterocycles. The molecule has 2 atom stereocenters. The zero-order valence-corrected chi connectivity index (χ0v) is 32.6. The van der Waals surface area contributed by atoms with Gasteiger partial charge in [-0.15, -0.1) is 11.6 Å². The van der Waals surface area contributed by atoms with Gasteiger partial charge in [0, 0.05) is 71.4 Å². The van der Waals surface area contributed by atoms with E-state index in [0.29, 0.717) is 28.0 Å². The first-order valence-corrected chi connectivity index (χ1v) is 19.0. The Hall–Kier alpha value is -1.83. The maximum absolute atomic E-state index is 6.35. The molecule has 3 N–H and O–H groups in total. The van der Waals surface area contributed by atoms with Crippen molar-refractivity contribution in [2.75, 3.05) is 39.3 Å². The molecule has 0 unspecified atom stereocenters. The summed E-state index contributed by atoms with van der Waals surface area (Å²) < 4.78 is 0. The zero-order chi connectivity index (χ0) is 35.3. The first-order chi connectivity index (χ1) is 23.5. The molecule has 9 heteroatoms. The molecule has 49 heavy (non-hydrogen) atoms. The summed E-state index contributed by atoms with van der Waals surface area (Å²) in [4.78, 5) is 2.56. The lowest BCUT2D eigenvalue weighted by Crippen LogP contribution is -2.53. The van der Waals surface area contributed by atoms with E-state index >= 15 is 0 Å². The number of hydrogen-bond acceptors (Lipinski definition) is 4. The van der Waals surface area contributed by atoms with Crippen molar-refractivity contribution in [2.24, 2.45) is 11.8 Å². The van der Waals surface area contributed by atoms with E-state index in [4.69, 9.17) is 58.0 Å². The van der Waals surface area contributed by atoms with Crippen molar-refractivity contribution in [2.45, 2.75) is 51.2 Å². The van der Waals surface area contributed by atoms with Gasteiger partial charge in [-0.1, -0.05) is 123 Å². The fourth-order valence-corrected chi connectivity index (χ4v) is 6.79. The molecule has 2 saturated heterocycles. The Labute approximate surface area is 318 Å². The molecule has 6 rings (SSSR count). The van der Waals surface area contributed by atoms with E-state index in [1.54, 1.807) is 0 Å². The maximum atomic E-state index is 6.35. The van der Waals surface area contributed by atoms with Gasteiger partial charge >= 0.3 is 0 Å². The SMILES string of the molecule is CC(C)[C@H]1CN(C(c2ccc(Cl)cc2)c2ccc(Cl)cc2)CCN1.CC(C)[C@H]1CNCCN1.Clc1ccc(C(Cl)c2ccc(Cl)cc2)cc1. The van der Waals surface area contributed by atoms with Gasteiger partial charge in [-0.3, -0.25) is 4.90 Å². The summed E-state index contributed by atoms with van der Waals surface area (Å²) in [5, 5.41) is 13.2. The molecule has 4 nitrogen and oxygen atoms in total. The maximum Gasteiger partial charge on any atom is 0.0835 e. The van der Waals surface area contributed by atoms with Crippen LogP contribution in [-0.4, -0.2) is 56.3 Å². The van der Waals surface area contributed by atoms with Gasteiger partial charge in [0.15, 0.2) is 0 Å². The summed E-state index contributed by atoms with van der Waals surface area (Å²) in [6.07, 6.45) is 0. The number of halogens is 5. The van der Waals surface area contributed by atoms with E-state index in [1.165, 1.54) is 11.1 Å². The molecule has 0 radical (unpaired) electrons. The van der Waals surface area contributed by atoms with Crippen LogP contribution in [-0.2, 0) is 0 Å². The average Bonchev–Trinajstić information content (AvgIpc) is 3.11. The molecule has 2 aliphatic heterocycles. The summed E-state index contributed by atoms with van der Waals surface area (Å²) >= 11 is 30.2. The second kappa shape index (κ2) is 20.3. The van der Waals surface area contributed by atoms with Gasteiger partial charge < -0.3 is 16.0 Å². The van der Waals surface area contributed by atoms with Crippen LogP contribution in [0.4, 0.5) is 0 Å². The first kappa shape index (κ1) is 39.9. The molecule has 4 aromatic rings. The lowest BCUT2D eigenvalue weighted by Gasteiger charge is -2.40. The second-order valence-electron chi connectivity index (χ2n) is 13.3. The van der Waals surface area contributed by atoms with Gasteiger partial charge in [0.1, 0.15) is 0 Å². The van der Waals surface area contributed by atoms with Crippen molar-refractivity contribution in [1.29, 1.82) is 0 Å². The van der Waals surface area contributed by atoms with Crippen molar-refractivity contribution >= 4 is 58.0 Å². The molecule has 264 valence electrons. The third-order valence-corrected chi connectivity index (χ3v) is 10.5. The fourth-order valence-electron chi connectivity index (χ4n) is 5.99. The third kappa shape index (κ3) is 12.7. The Bertz CT molecular complexity index is 1420. The number of benzene rings is 4. The van der Waals surface area contributed by atoms with Crippen molar-refractivity contribution < 1.29 is 0 Å². The molecule has 2 heterocycles. The van der Waals surface area contributed by atoms with Crippen LogP contribution in [0.1, 0.15) is 61.4 Å². The second-order valence-corrected chi connectivity index (χ2v) is 15.5. The van der Waals surface area contributed by atoms with Crippen LogP contribution in [0.2, 0.25) is 20.1 Å². The topological polar surface area (TPSA) is 39.3 Å². The van der Waals surface area contributed by atoms with E-state index in [-0.39, 0.29) is 11.4 Å². The van der Waals surface area contributed by atoms with Gasteiger partial charge in [0.2, 0.25) is 0 Å². The van der Waals surface area contributed by atoms with Gasteiger partial charge in [-0.25, -0.2) is 0 Å². The first-order valence-electron chi connectivity index (χ1n) is 17.1. The van der Waals surface area contributed by atoms with Crippen LogP contribution in [0.25, 0.3) is 0 Å². The number of piperazine rings is 2. The van der Waals surface area contributed by atoms with Crippen LogP contribution in [0.5, 0.6) is 0 Å². The van der Waals surface area contributed by atoms with Crippen LogP contribution in [0.3, 0.4) is 0 Å². The molecular formula is C40H49Cl5N4. The van der Waals surface area contributed by atoms with E-state index in [2.05, 4.69) is 72.8 Å². The Morgan fingerprint density at radius 3 is 1.27 bits per heavy atom. The highest BCUT2D eigenvalue weighted by Crippen LogP contribution is 2.32. The number of rotatable bonds is 7. The number of hydrogen-bond donors (Lipinski definition) is 3. The monoisotopic (exact) mass is 760 g/mol. The summed E-state index contributed by atoms with van der Waals surface area (Å²) in [7, 11) is 0. The van der Waals surface area contributed by atoms with Crippen molar-refractivity contribution in [1.82, 2.24) is 20.9 Å². The minimum atomic E-state index is -0.172. The zero-order valence-electron chi connectivity index (χ0n) is 28.8. The largest absolute Gasteiger partial charge is 0.314 e.